The summed E-state index contributed by atoms with van der Waals surface area (Å²) in [6.45, 7) is 15.8. The molecule has 0 aromatic heterocycles. The van der Waals surface area contributed by atoms with Crippen LogP contribution in [-0.4, -0.2) is 30.2 Å². The van der Waals surface area contributed by atoms with Crippen molar-refractivity contribution < 1.29 is 9.53 Å². The monoisotopic (exact) mass is 217 g/mol. The summed E-state index contributed by atoms with van der Waals surface area (Å²) in [5.41, 5.74) is 0. The maximum atomic E-state index is 10.7. The molecule has 1 aliphatic rings. The van der Waals surface area contributed by atoms with Gasteiger partial charge in [0.2, 0.25) is 0 Å². The summed E-state index contributed by atoms with van der Waals surface area (Å²) in [5, 5.41) is 0. The van der Waals surface area contributed by atoms with Crippen molar-refractivity contribution in [2.24, 2.45) is 5.92 Å². The third-order valence-electron chi connectivity index (χ3n) is 1.42. The zero-order chi connectivity index (χ0) is 12.4. The molecule has 3 heteroatoms. The van der Waals surface area contributed by atoms with E-state index >= 15 is 0 Å². The van der Waals surface area contributed by atoms with E-state index in [2.05, 4.69) is 20.8 Å². The van der Waals surface area contributed by atoms with Crippen molar-refractivity contribution in [3.8, 4) is 0 Å². The molecule has 0 spiro atoms. The van der Waals surface area contributed by atoms with Crippen LogP contribution in [0.25, 0.3) is 0 Å². The summed E-state index contributed by atoms with van der Waals surface area (Å²) in [4.78, 5) is 12.4. The highest BCUT2D eigenvalue weighted by Crippen LogP contribution is 2.06. The Morgan fingerprint density at radius 1 is 1.13 bits per heavy atom. The lowest BCUT2D eigenvalue weighted by Gasteiger charge is -2.15. The van der Waals surface area contributed by atoms with Gasteiger partial charge >= 0.3 is 6.09 Å². The maximum absolute atomic E-state index is 10.7. The van der Waals surface area contributed by atoms with Gasteiger partial charge in [-0.25, -0.2) is 4.79 Å². The third kappa shape index (κ3) is 9.57. The summed E-state index contributed by atoms with van der Waals surface area (Å²) in [5.74, 6) is 0.833. The fraction of sp³-hybridized carbons (Fsp3) is 0.917. The van der Waals surface area contributed by atoms with Crippen molar-refractivity contribution in [3.63, 3.8) is 0 Å². The van der Waals surface area contributed by atoms with Crippen LogP contribution in [-0.2, 0) is 4.74 Å². The minimum absolute atomic E-state index is 0.176. The smallest absolute Gasteiger partial charge is 0.410 e. The first-order valence-electron chi connectivity index (χ1n) is 5.88. The van der Waals surface area contributed by atoms with Crippen molar-refractivity contribution >= 4 is 6.09 Å². The molecule has 0 unspecified atom stereocenters. The molecule has 0 atom stereocenters. The topological polar surface area (TPSA) is 29.5 Å². The van der Waals surface area contributed by atoms with E-state index in [4.69, 9.17) is 4.74 Å². The molecule has 0 aromatic rings. The van der Waals surface area contributed by atoms with E-state index in [0.717, 1.165) is 12.5 Å². The first-order chi connectivity index (χ1) is 6.95. The molecule has 0 aliphatic carbocycles. The molecule has 15 heavy (non-hydrogen) atoms. The van der Waals surface area contributed by atoms with Crippen LogP contribution in [0.4, 0.5) is 4.79 Å². The Hall–Kier alpha value is -0.730. The first kappa shape index (κ1) is 16.7. The molecule has 1 amide bonds. The predicted molar refractivity (Wildman–Crippen MR) is 65.1 cm³/mol. The molecule has 92 valence electrons. The molecule has 1 heterocycles. The first-order valence-corrected chi connectivity index (χ1v) is 5.88. The normalized spacial score (nSPS) is 14.2. The minimum atomic E-state index is -0.176. The Morgan fingerprint density at radius 2 is 1.53 bits per heavy atom. The average Bonchev–Trinajstić information content (AvgIpc) is 2.54. The van der Waals surface area contributed by atoms with Crippen LogP contribution >= 0.6 is 0 Å². The van der Waals surface area contributed by atoms with Gasteiger partial charge in [-0.2, -0.15) is 0 Å². The van der Waals surface area contributed by atoms with E-state index in [1.54, 1.807) is 4.90 Å². The van der Waals surface area contributed by atoms with Gasteiger partial charge < -0.3 is 9.64 Å². The van der Waals surface area contributed by atoms with Gasteiger partial charge in [-0.05, 0) is 19.8 Å². The van der Waals surface area contributed by atoms with E-state index in [1.807, 2.05) is 27.7 Å². The standard InChI is InChI=1S/C6H11NO2.C4H10.C2H6/c1-5(2)7-3-4-9-6(7)8;1-4(2)3;1-2/h5H,3-4H2,1-2H3;4H,1-3H3;1-2H3. The van der Waals surface area contributed by atoms with Gasteiger partial charge in [-0.15, -0.1) is 0 Å². The molecule has 1 saturated heterocycles. The molecule has 3 nitrogen and oxygen atoms in total. The zero-order valence-electron chi connectivity index (χ0n) is 11.3. The summed E-state index contributed by atoms with van der Waals surface area (Å²) >= 11 is 0. The molecule has 0 saturated carbocycles. The van der Waals surface area contributed by atoms with Crippen LogP contribution in [0, 0.1) is 5.92 Å². The number of hydrogen-bond donors (Lipinski definition) is 0. The molecule has 1 fully saturated rings. The van der Waals surface area contributed by atoms with Gasteiger partial charge in [-0.3, -0.25) is 0 Å². The van der Waals surface area contributed by atoms with Crippen molar-refractivity contribution in [1.82, 2.24) is 4.90 Å². The second-order valence-corrected chi connectivity index (χ2v) is 4.13. The van der Waals surface area contributed by atoms with E-state index < -0.39 is 0 Å². The Balaban J connectivity index is 0. The highest BCUT2D eigenvalue weighted by atomic mass is 16.6. The number of carbonyl (C=O) groups is 1. The van der Waals surface area contributed by atoms with E-state index in [-0.39, 0.29) is 12.1 Å². The summed E-state index contributed by atoms with van der Waals surface area (Å²) in [7, 11) is 0. The Labute approximate surface area is 94.8 Å². The van der Waals surface area contributed by atoms with Gasteiger partial charge in [0.1, 0.15) is 6.61 Å². The second-order valence-electron chi connectivity index (χ2n) is 4.13. The quantitative estimate of drug-likeness (QED) is 0.672. The molecule has 0 N–H and O–H groups in total. The lowest BCUT2D eigenvalue weighted by molar-refractivity contribution is 0.152. The molecule has 1 aliphatic heterocycles. The third-order valence-corrected chi connectivity index (χ3v) is 1.42. The number of ether oxygens (including phenoxy) is 1. The fourth-order valence-corrected chi connectivity index (χ4v) is 0.875. The summed E-state index contributed by atoms with van der Waals surface area (Å²) in [6.07, 6.45) is -0.176. The van der Waals surface area contributed by atoms with Crippen LogP contribution in [0.1, 0.15) is 48.5 Å². The summed E-state index contributed by atoms with van der Waals surface area (Å²) < 4.78 is 4.71. The largest absolute Gasteiger partial charge is 0.448 e. The molecule has 0 bridgehead atoms. The van der Waals surface area contributed by atoms with E-state index in [0.29, 0.717) is 6.61 Å². The highest BCUT2D eigenvalue weighted by Gasteiger charge is 2.23. The predicted octanol–water partition coefficient (Wildman–Crippen LogP) is 3.54. The number of cyclic esters (lactones) is 1. The van der Waals surface area contributed by atoms with Crippen LogP contribution in [0.15, 0.2) is 0 Å². The SMILES string of the molecule is CC.CC(C)C.CC(C)N1CCOC1=O. The van der Waals surface area contributed by atoms with Crippen LogP contribution in [0.3, 0.4) is 0 Å². The van der Waals surface area contributed by atoms with Crippen molar-refractivity contribution in [2.75, 3.05) is 13.2 Å². The average molecular weight is 217 g/mol. The number of nitrogens with zero attached hydrogens (tertiary/aromatic N) is 1. The van der Waals surface area contributed by atoms with Gasteiger partial charge in [0.25, 0.3) is 0 Å². The van der Waals surface area contributed by atoms with Gasteiger partial charge in [-0.1, -0.05) is 34.6 Å². The van der Waals surface area contributed by atoms with Crippen LogP contribution in [0.2, 0.25) is 0 Å². The van der Waals surface area contributed by atoms with Gasteiger partial charge in [0.05, 0.1) is 6.54 Å². The van der Waals surface area contributed by atoms with Crippen molar-refractivity contribution in [2.45, 2.75) is 54.5 Å². The van der Waals surface area contributed by atoms with Gasteiger partial charge in [0.15, 0.2) is 0 Å². The number of amides is 1. The number of rotatable bonds is 1. The van der Waals surface area contributed by atoms with Crippen LogP contribution < -0.4 is 0 Å². The number of carbonyl (C=O) groups excluding carboxylic acids is 1. The summed E-state index contributed by atoms with van der Waals surface area (Å²) in [6, 6.07) is 0.278. The second kappa shape index (κ2) is 9.81. The molecular formula is C12H27NO2. The Morgan fingerprint density at radius 3 is 1.67 bits per heavy atom. The van der Waals surface area contributed by atoms with E-state index in [1.165, 1.54) is 0 Å². The minimum Gasteiger partial charge on any atom is -0.448 e. The zero-order valence-corrected chi connectivity index (χ0v) is 11.3. The molecular weight excluding hydrogens is 190 g/mol. The molecule has 0 radical (unpaired) electrons. The lowest BCUT2D eigenvalue weighted by Crippen LogP contribution is -2.31. The Bertz CT molecular complexity index is 153. The van der Waals surface area contributed by atoms with E-state index in [9.17, 15) is 4.79 Å². The highest BCUT2D eigenvalue weighted by molar-refractivity contribution is 5.69. The Kier molecular flexibility index (Phi) is 10.9. The fourth-order valence-electron chi connectivity index (χ4n) is 0.875. The number of hydrogen-bond acceptors (Lipinski definition) is 2. The molecule has 0 aromatic carbocycles. The van der Waals surface area contributed by atoms with Gasteiger partial charge in [0, 0.05) is 6.04 Å². The maximum Gasteiger partial charge on any atom is 0.410 e. The lowest BCUT2D eigenvalue weighted by atomic mass is 10.3. The van der Waals surface area contributed by atoms with Crippen molar-refractivity contribution in [3.05, 3.63) is 0 Å². The van der Waals surface area contributed by atoms with Crippen LogP contribution in [0.5, 0.6) is 0 Å². The molecule has 1 rings (SSSR count). The van der Waals surface area contributed by atoms with Crippen molar-refractivity contribution in [1.29, 1.82) is 0 Å².